The van der Waals surface area contributed by atoms with Crippen LogP contribution in [-0.2, 0) is 16.1 Å². The molecule has 0 atom stereocenters. The average Bonchev–Trinajstić information content (AvgIpc) is 2.68. The normalized spacial score (nSPS) is 28.8. The fourth-order valence-corrected chi connectivity index (χ4v) is 6.26. The van der Waals surface area contributed by atoms with Gasteiger partial charge in [-0.2, -0.15) is 0 Å². The Balaban J connectivity index is 1.27. The number of amides is 3. The van der Waals surface area contributed by atoms with Gasteiger partial charge in [0, 0.05) is 23.1 Å². The molecule has 31 heavy (non-hydrogen) atoms. The molecule has 4 aliphatic carbocycles. The largest absolute Gasteiger partial charge is 0.352 e. The van der Waals surface area contributed by atoms with Gasteiger partial charge in [-0.05, 0) is 94.7 Å². The summed E-state index contributed by atoms with van der Waals surface area (Å²) in [6, 6.07) is 7.21. The number of carbonyl (C=O) groups excluding carboxylic acids is 3. The first kappa shape index (κ1) is 21.8. The van der Waals surface area contributed by atoms with Crippen molar-refractivity contribution in [3.8, 4) is 0 Å². The van der Waals surface area contributed by atoms with Crippen molar-refractivity contribution in [2.45, 2.75) is 71.4 Å². The molecule has 1 aromatic carbocycles. The minimum Gasteiger partial charge on any atom is -0.352 e. The Morgan fingerprint density at radius 3 is 1.97 bits per heavy atom. The molecule has 168 valence electrons. The van der Waals surface area contributed by atoms with E-state index >= 15 is 0 Å². The minimum atomic E-state index is -0.329. The topological polar surface area (TPSA) is 87.3 Å². The van der Waals surface area contributed by atoms with E-state index in [1.54, 1.807) is 12.1 Å². The number of nitrogens with one attached hydrogen (secondary N) is 3. The number of benzene rings is 1. The molecule has 3 N–H and O–H groups in total. The Kier molecular flexibility index (Phi) is 5.84. The Morgan fingerprint density at radius 2 is 1.45 bits per heavy atom. The van der Waals surface area contributed by atoms with Crippen molar-refractivity contribution in [1.82, 2.24) is 16.0 Å². The Bertz CT molecular complexity index is 818. The lowest BCUT2D eigenvalue weighted by molar-refractivity contribution is -0.146. The van der Waals surface area contributed by atoms with E-state index in [4.69, 9.17) is 0 Å². The molecule has 0 saturated heterocycles. The van der Waals surface area contributed by atoms with E-state index < -0.39 is 0 Å². The highest BCUT2D eigenvalue weighted by molar-refractivity contribution is 5.96. The maximum Gasteiger partial charge on any atom is 0.251 e. The Labute approximate surface area is 184 Å². The lowest BCUT2D eigenvalue weighted by Crippen LogP contribution is -2.53. The second-order valence-corrected chi connectivity index (χ2v) is 11.1. The zero-order valence-electron chi connectivity index (χ0n) is 18.9. The van der Waals surface area contributed by atoms with Crippen LogP contribution in [0.4, 0.5) is 0 Å². The van der Waals surface area contributed by atoms with Crippen molar-refractivity contribution in [2.75, 3.05) is 6.54 Å². The van der Waals surface area contributed by atoms with Gasteiger partial charge < -0.3 is 16.0 Å². The number of hydrogen-bond acceptors (Lipinski definition) is 3. The Hall–Kier alpha value is -2.37. The fourth-order valence-electron chi connectivity index (χ4n) is 6.26. The minimum absolute atomic E-state index is 0.0566. The summed E-state index contributed by atoms with van der Waals surface area (Å²) in [6.07, 6.45) is 7.17. The lowest BCUT2D eigenvalue weighted by atomic mass is 9.49. The second-order valence-electron chi connectivity index (χ2n) is 11.1. The molecule has 3 amide bonds. The molecule has 4 bridgehead atoms. The van der Waals surface area contributed by atoms with E-state index in [9.17, 15) is 14.4 Å². The standard InChI is InChI=1S/C25H35N3O3/c1-24(2,3)28-21(29)15-26-22(30)20-6-4-16(5-7-20)14-27-23(31)25-11-17-8-18(12-25)10-19(9-17)13-25/h4-7,17-19H,8-15H2,1-3H3,(H,26,30)(H,27,31)(H,28,29). The van der Waals surface area contributed by atoms with Crippen LogP contribution in [-0.4, -0.2) is 29.8 Å². The molecule has 0 unspecified atom stereocenters. The van der Waals surface area contributed by atoms with Crippen LogP contribution in [0.15, 0.2) is 24.3 Å². The number of carbonyl (C=O) groups is 3. The SMILES string of the molecule is CC(C)(C)NC(=O)CNC(=O)c1ccc(CNC(=O)C23CC4CC(CC(C4)C2)C3)cc1. The first-order chi connectivity index (χ1) is 14.6. The summed E-state index contributed by atoms with van der Waals surface area (Å²) in [4.78, 5) is 37.2. The first-order valence-corrected chi connectivity index (χ1v) is 11.6. The molecule has 6 nitrogen and oxygen atoms in total. The smallest absolute Gasteiger partial charge is 0.251 e. The highest BCUT2D eigenvalue weighted by atomic mass is 16.2. The highest BCUT2D eigenvalue weighted by Gasteiger charge is 2.54. The summed E-state index contributed by atoms with van der Waals surface area (Å²) in [6.45, 7) is 6.11. The van der Waals surface area contributed by atoms with Crippen molar-refractivity contribution in [3.05, 3.63) is 35.4 Å². The molecule has 5 rings (SSSR count). The van der Waals surface area contributed by atoms with Crippen molar-refractivity contribution in [1.29, 1.82) is 0 Å². The van der Waals surface area contributed by atoms with E-state index in [0.717, 1.165) is 42.6 Å². The summed E-state index contributed by atoms with van der Waals surface area (Å²) in [5, 5.41) is 8.63. The zero-order valence-corrected chi connectivity index (χ0v) is 18.9. The number of hydrogen-bond donors (Lipinski definition) is 3. The van der Waals surface area contributed by atoms with Crippen LogP contribution < -0.4 is 16.0 Å². The monoisotopic (exact) mass is 425 g/mol. The van der Waals surface area contributed by atoms with Gasteiger partial charge >= 0.3 is 0 Å². The van der Waals surface area contributed by atoms with Crippen LogP contribution in [0.1, 0.15) is 75.2 Å². The van der Waals surface area contributed by atoms with Crippen molar-refractivity contribution in [3.63, 3.8) is 0 Å². The fraction of sp³-hybridized carbons (Fsp3) is 0.640. The molecule has 0 spiro atoms. The summed E-state index contributed by atoms with van der Waals surface area (Å²) in [5.74, 6) is 1.97. The van der Waals surface area contributed by atoms with Gasteiger partial charge in [0.1, 0.15) is 0 Å². The predicted molar refractivity (Wildman–Crippen MR) is 119 cm³/mol. The highest BCUT2D eigenvalue weighted by Crippen LogP contribution is 2.60. The van der Waals surface area contributed by atoms with Crippen LogP contribution in [0.2, 0.25) is 0 Å². The molecular formula is C25H35N3O3. The van der Waals surface area contributed by atoms with Gasteiger partial charge in [0.25, 0.3) is 5.91 Å². The first-order valence-electron chi connectivity index (χ1n) is 11.6. The third-order valence-corrected chi connectivity index (χ3v) is 7.11. The predicted octanol–water partition coefficient (Wildman–Crippen LogP) is 3.16. The third kappa shape index (κ3) is 5.10. The summed E-state index contributed by atoms with van der Waals surface area (Å²) in [5.41, 5.74) is 1.01. The van der Waals surface area contributed by atoms with Crippen LogP contribution >= 0.6 is 0 Å². The molecule has 0 aliphatic heterocycles. The third-order valence-electron chi connectivity index (χ3n) is 7.11. The van der Waals surface area contributed by atoms with Crippen molar-refractivity contribution in [2.24, 2.45) is 23.2 Å². The molecule has 1 aromatic rings. The summed E-state index contributed by atoms with van der Waals surface area (Å²) in [7, 11) is 0. The van der Waals surface area contributed by atoms with Gasteiger partial charge in [-0.25, -0.2) is 0 Å². The molecule has 4 saturated carbocycles. The van der Waals surface area contributed by atoms with E-state index in [2.05, 4.69) is 16.0 Å². The molecular weight excluding hydrogens is 390 g/mol. The quantitative estimate of drug-likeness (QED) is 0.654. The van der Waals surface area contributed by atoms with Gasteiger partial charge in [-0.3, -0.25) is 14.4 Å². The van der Waals surface area contributed by atoms with E-state index in [0.29, 0.717) is 12.1 Å². The maximum atomic E-state index is 13.1. The molecule has 4 aliphatic rings. The van der Waals surface area contributed by atoms with Crippen LogP contribution in [0, 0.1) is 23.2 Å². The van der Waals surface area contributed by atoms with Crippen LogP contribution in [0.25, 0.3) is 0 Å². The van der Waals surface area contributed by atoms with Crippen molar-refractivity contribution >= 4 is 17.7 Å². The molecule has 4 fully saturated rings. The number of rotatable bonds is 6. The van der Waals surface area contributed by atoms with Crippen LogP contribution in [0.5, 0.6) is 0 Å². The average molecular weight is 426 g/mol. The molecule has 0 heterocycles. The Morgan fingerprint density at radius 1 is 0.903 bits per heavy atom. The van der Waals surface area contributed by atoms with E-state index in [-0.39, 0.29) is 35.2 Å². The van der Waals surface area contributed by atoms with Gasteiger partial charge in [0.2, 0.25) is 11.8 Å². The lowest BCUT2D eigenvalue weighted by Gasteiger charge is -2.55. The molecule has 0 radical (unpaired) electrons. The zero-order chi connectivity index (χ0) is 22.2. The van der Waals surface area contributed by atoms with E-state index in [1.807, 2.05) is 32.9 Å². The summed E-state index contributed by atoms with van der Waals surface area (Å²) < 4.78 is 0. The van der Waals surface area contributed by atoms with E-state index in [1.165, 1.54) is 19.3 Å². The van der Waals surface area contributed by atoms with Gasteiger partial charge in [0.05, 0.1) is 6.54 Å². The van der Waals surface area contributed by atoms with Crippen molar-refractivity contribution < 1.29 is 14.4 Å². The van der Waals surface area contributed by atoms with Gasteiger partial charge in [0.15, 0.2) is 0 Å². The molecule has 6 heteroatoms. The van der Waals surface area contributed by atoms with Gasteiger partial charge in [-0.1, -0.05) is 12.1 Å². The molecule has 0 aromatic heterocycles. The second kappa shape index (κ2) is 8.29. The summed E-state index contributed by atoms with van der Waals surface area (Å²) >= 11 is 0. The van der Waals surface area contributed by atoms with Gasteiger partial charge in [-0.15, -0.1) is 0 Å². The maximum absolute atomic E-state index is 13.1. The van der Waals surface area contributed by atoms with Crippen LogP contribution in [0.3, 0.4) is 0 Å².